The summed E-state index contributed by atoms with van der Waals surface area (Å²) in [7, 11) is 0. The van der Waals surface area contributed by atoms with Crippen molar-refractivity contribution in [2.75, 3.05) is 0 Å². The minimum absolute atomic E-state index is 0.218. The normalized spacial score (nSPS) is 25.2. The van der Waals surface area contributed by atoms with E-state index in [-0.39, 0.29) is 11.1 Å². The predicted molar refractivity (Wildman–Crippen MR) is 82.7 cm³/mol. The monoisotopic (exact) mass is 278 g/mol. The Morgan fingerprint density at radius 2 is 1.25 bits per heavy atom. The fraction of sp³-hybridized carbons (Fsp3) is 0.750. The van der Waals surface area contributed by atoms with Gasteiger partial charge in [0.1, 0.15) is 0 Å². The van der Waals surface area contributed by atoms with Crippen LogP contribution in [0.3, 0.4) is 0 Å². The molecule has 4 heteroatoms. The highest BCUT2D eigenvalue weighted by molar-refractivity contribution is 6.13. The first-order valence-electron chi connectivity index (χ1n) is 7.31. The lowest BCUT2D eigenvalue weighted by molar-refractivity contribution is -0.103. The Morgan fingerprint density at radius 1 is 0.850 bits per heavy atom. The summed E-state index contributed by atoms with van der Waals surface area (Å²) >= 11 is 0. The highest BCUT2D eigenvalue weighted by atomic mass is 16.1. The van der Waals surface area contributed by atoms with Crippen molar-refractivity contribution in [1.82, 2.24) is 0 Å². The first kappa shape index (κ1) is 16.7. The van der Waals surface area contributed by atoms with Crippen molar-refractivity contribution < 1.29 is 9.59 Å². The molecule has 2 atom stereocenters. The fourth-order valence-corrected chi connectivity index (χ4v) is 3.13. The van der Waals surface area contributed by atoms with Gasteiger partial charge in [-0.25, -0.2) is 0 Å². The number of aliphatic imine (C=N–C) groups is 2. The van der Waals surface area contributed by atoms with Crippen LogP contribution in [0.15, 0.2) is 9.98 Å². The van der Waals surface area contributed by atoms with Crippen LogP contribution in [0.4, 0.5) is 0 Å². The lowest BCUT2D eigenvalue weighted by Crippen LogP contribution is -2.39. The van der Waals surface area contributed by atoms with E-state index in [9.17, 15) is 9.59 Å². The zero-order valence-corrected chi connectivity index (χ0v) is 13.0. The molecule has 0 radical (unpaired) electrons. The summed E-state index contributed by atoms with van der Waals surface area (Å²) in [5.41, 5.74) is -0.436. The van der Waals surface area contributed by atoms with Crippen LogP contribution >= 0.6 is 0 Å². The van der Waals surface area contributed by atoms with E-state index in [0.717, 1.165) is 38.3 Å². The van der Waals surface area contributed by atoms with Gasteiger partial charge in [0.25, 0.3) is 0 Å². The first-order valence-corrected chi connectivity index (χ1v) is 7.31. The van der Waals surface area contributed by atoms with E-state index in [1.807, 2.05) is 0 Å². The third kappa shape index (κ3) is 4.36. The summed E-state index contributed by atoms with van der Waals surface area (Å²) in [5.74, 6) is 0.895. The fourth-order valence-electron chi connectivity index (χ4n) is 3.13. The lowest BCUT2D eigenvalue weighted by Gasteiger charge is -2.42. The van der Waals surface area contributed by atoms with E-state index < -0.39 is 0 Å². The van der Waals surface area contributed by atoms with Crippen molar-refractivity contribution in [2.24, 2.45) is 21.8 Å². The third-order valence-electron chi connectivity index (χ3n) is 4.61. The molecule has 112 valence electrons. The molecule has 0 saturated heterocycles. The topological polar surface area (TPSA) is 58.9 Å². The van der Waals surface area contributed by atoms with Crippen LogP contribution in [0.25, 0.3) is 0 Å². The van der Waals surface area contributed by atoms with E-state index in [4.69, 9.17) is 0 Å². The SMILES string of the molecule is CC(C)(N=CC=O)C1CCCC(C(C)(C)N=CC=O)C1. The molecule has 1 aliphatic rings. The predicted octanol–water partition coefficient (Wildman–Crippen LogP) is 2.89. The summed E-state index contributed by atoms with van der Waals surface area (Å²) in [4.78, 5) is 29.7. The first-order chi connectivity index (χ1) is 9.33. The molecule has 0 aromatic rings. The molecule has 0 N–H and O–H groups in total. The van der Waals surface area contributed by atoms with Crippen LogP contribution in [-0.4, -0.2) is 36.1 Å². The van der Waals surface area contributed by atoms with Gasteiger partial charge in [-0.05, 0) is 58.8 Å². The Bertz CT molecular complexity index is 361. The van der Waals surface area contributed by atoms with Gasteiger partial charge >= 0.3 is 0 Å². The molecule has 1 rings (SSSR count). The molecular formula is C16H26N2O2. The van der Waals surface area contributed by atoms with Crippen molar-refractivity contribution in [3.8, 4) is 0 Å². The van der Waals surface area contributed by atoms with Gasteiger partial charge in [0.2, 0.25) is 0 Å². The molecule has 0 spiro atoms. The van der Waals surface area contributed by atoms with Crippen LogP contribution in [0, 0.1) is 11.8 Å². The van der Waals surface area contributed by atoms with Gasteiger partial charge in [-0.15, -0.1) is 0 Å². The van der Waals surface area contributed by atoms with Crippen LogP contribution in [0.2, 0.25) is 0 Å². The van der Waals surface area contributed by atoms with E-state index in [2.05, 4.69) is 37.7 Å². The molecule has 1 saturated carbocycles. The highest BCUT2D eigenvalue weighted by Gasteiger charge is 2.38. The molecule has 20 heavy (non-hydrogen) atoms. The van der Waals surface area contributed by atoms with Crippen LogP contribution < -0.4 is 0 Å². The average Bonchev–Trinajstić information content (AvgIpc) is 2.43. The number of carbonyl (C=O) groups excluding carboxylic acids is 2. The molecule has 0 bridgehead atoms. The van der Waals surface area contributed by atoms with Crippen LogP contribution in [0.1, 0.15) is 53.4 Å². The van der Waals surface area contributed by atoms with Crippen LogP contribution in [-0.2, 0) is 9.59 Å². The minimum atomic E-state index is -0.218. The Morgan fingerprint density at radius 3 is 1.60 bits per heavy atom. The maximum Gasteiger partial charge on any atom is 0.160 e. The molecule has 0 aromatic carbocycles. The van der Waals surface area contributed by atoms with Gasteiger partial charge in [0, 0.05) is 0 Å². The molecule has 0 aliphatic heterocycles. The third-order valence-corrected chi connectivity index (χ3v) is 4.61. The molecule has 0 aromatic heterocycles. The van der Waals surface area contributed by atoms with Gasteiger partial charge < -0.3 is 0 Å². The average molecular weight is 278 g/mol. The molecular weight excluding hydrogens is 252 g/mol. The standard InChI is InChI=1S/C16H26N2O2/c1-15(2,17-8-10-19)13-6-5-7-14(12-13)16(3,4)18-9-11-20/h8-11,13-14H,5-7,12H2,1-4H3. The molecule has 1 aliphatic carbocycles. The second-order valence-corrected chi connectivity index (χ2v) is 6.70. The number of rotatable bonds is 6. The van der Waals surface area contributed by atoms with Crippen LogP contribution in [0.5, 0.6) is 0 Å². The Balaban J connectivity index is 2.81. The summed E-state index contributed by atoms with van der Waals surface area (Å²) in [5, 5.41) is 0. The maximum atomic E-state index is 10.5. The maximum absolute atomic E-state index is 10.5. The van der Waals surface area contributed by atoms with E-state index in [1.165, 1.54) is 12.4 Å². The van der Waals surface area contributed by atoms with E-state index in [0.29, 0.717) is 11.8 Å². The van der Waals surface area contributed by atoms with Crippen molar-refractivity contribution in [3.05, 3.63) is 0 Å². The number of carbonyl (C=O) groups is 2. The number of hydrogen-bond acceptors (Lipinski definition) is 4. The van der Waals surface area contributed by atoms with E-state index in [1.54, 1.807) is 0 Å². The summed E-state index contributed by atoms with van der Waals surface area (Å²) < 4.78 is 0. The number of nitrogens with zero attached hydrogens (tertiary/aromatic N) is 2. The largest absolute Gasteiger partial charge is 0.297 e. The lowest BCUT2D eigenvalue weighted by atomic mass is 9.67. The number of aldehydes is 2. The second-order valence-electron chi connectivity index (χ2n) is 6.70. The van der Waals surface area contributed by atoms with Gasteiger partial charge in [-0.3, -0.25) is 19.6 Å². The zero-order chi connectivity index (χ0) is 15.2. The van der Waals surface area contributed by atoms with Gasteiger partial charge in [-0.2, -0.15) is 0 Å². The Kier molecular flexibility index (Phi) is 5.78. The van der Waals surface area contributed by atoms with Gasteiger partial charge in [0.15, 0.2) is 12.6 Å². The molecule has 0 amide bonds. The van der Waals surface area contributed by atoms with Crippen molar-refractivity contribution >= 4 is 25.0 Å². The molecule has 2 unspecified atom stereocenters. The molecule has 4 nitrogen and oxygen atoms in total. The van der Waals surface area contributed by atoms with Crippen molar-refractivity contribution in [3.63, 3.8) is 0 Å². The quantitative estimate of drug-likeness (QED) is 0.554. The number of hydrogen-bond donors (Lipinski definition) is 0. The van der Waals surface area contributed by atoms with E-state index >= 15 is 0 Å². The highest BCUT2D eigenvalue weighted by Crippen LogP contribution is 2.42. The summed E-state index contributed by atoms with van der Waals surface area (Å²) in [6, 6.07) is 0. The van der Waals surface area contributed by atoms with Crippen molar-refractivity contribution in [2.45, 2.75) is 64.5 Å². The van der Waals surface area contributed by atoms with Crippen molar-refractivity contribution in [1.29, 1.82) is 0 Å². The molecule has 1 fully saturated rings. The zero-order valence-electron chi connectivity index (χ0n) is 13.0. The molecule has 0 heterocycles. The Hall–Kier alpha value is -1.32. The second kappa shape index (κ2) is 6.91. The summed E-state index contributed by atoms with van der Waals surface area (Å²) in [6.07, 6.45) is 8.64. The Labute approximate surface area is 121 Å². The van der Waals surface area contributed by atoms with Gasteiger partial charge in [-0.1, -0.05) is 6.42 Å². The van der Waals surface area contributed by atoms with Gasteiger partial charge in [0.05, 0.1) is 23.5 Å². The minimum Gasteiger partial charge on any atom is -0.297 e. The smallest absolute Gasteiger partial charge is 0.160 e. The summed E-state index contributed by atoms with van der Waals surface area (Å²) in [6.45, 7) is 8.34.